The molecule has 0 aliphatic heterocycles. The van der Waals surface area contributed by atoms with Crippen molar-refractivity contribution in [1.82, 2.24) is 9.97 Å². The number of methoxy groups -OCH3 is 2. The zero-order chi connectivity index (χ0) is 20.1. The van der Waals surface area contributed by atoms with Crippen LogP contribution in [0.4, 0.5) is 17.3 Å². The van der Waals surface area contributed by atoms with Gasteiger partial charge >= 0.3 is 0 Å². The molecule has 1 aromatic carbocycles. The molecule has 0 bridgehead atoms. The maximum Gasteiger partial charge on any atom is 0.271 e. The number of aromatic nitrogens is 2. The van der Waals surface area contributed by atoms with E-state index in [4.69, 9.17) is 20.9 Å². The molecule has 6 N–H and O–H groups in total. The van der Waals surface area contributed by atoms with Crippen molar-refractivity contribution in [2.45, 2.75) is 37.8 Å². The molecule has 2 atom stereocenters. The van der Waals surface area contributed by atoms with Crippen molar-refractivity contribution in [3.63, 3.8) is 0 Å². The molecular formula is C19H26N6O3. The van der Waals surface area contributed by atoms with Crippen LogP contribution in [0.25, 0.3) is 0 Å². The zero-order valence-corrected chi connectivity index (χ0v) is 16.1. The van der Waals surface area contributed by atoms with Crippen molar-refractivity contribution in [3.8, 4) is 11.5 Å². The van der Waals surface area contributed by atoms with Crippen LogP contribution < -0.4 is 31.6 Å². The molecule has 2 unspecified atom stereocenters. The average Bonchev–Trinajstić information content (AvgIpc) is 2.69. The Morgan fingerprint density at radius 2 is 1.82 bits per heavy atom. The van der Waals surface area contributed by atoms with Crippen molar-refractivity contribution in [2.75, 3.05) is 24.9 Å². The van der Waals surface area contributed by atoms with E-state index in [1.54, 1.807) is 32.4 Å². The summed E-state index contributed by atoms with van der Waals surface area (Å²) in [7, 11) is 3.12. The highest BCUT2D eigenvalue weighted by atomic mass is 16.5. The van der Waals surface area contributed by atoms with Crippen LogP contribution >= 0.6 is 0 Å². The summed E-state index contributed by atoms with van der Waals surface area (Å²) >= 11 is 0. The monoisotopic (exact) mass is 386 g/mol. The van der Waals surface area contributed by atoms with Gasteiger partial charge in [0.1, 0.15) is 17.3 Å². The molecule has 150 valence electrons. The van der Waals surface area contributed by atoms with Crippen LogP contribution in [0.5, 0.6) is 11.5 Å². The second-order valence-corrected chi connectivity index (χ2v) is 6.74. The number of ether oxygens (including phenoxy) is 2. The summed E-state index contributed by atoms with van der Waals surface area (Å²) in [4.78, 5) is 20.5. The summed E-state index contributed by atoms with van der Waals surface area (Å²) in [6.45, 7) is 0. The molecule has 2 aromatic rings. The second-order valence-electron chi connectivity index (χ2n) is 6.74. The van der Waals surface area contributed by atoms with Crippen molar-refractivity contribution >= 4 is 23.2 Å². The topological polar surface area (TPSA) is 137 Å². The third-order valence-electron chi connectivity index (χ3n) is 4.77. The highest BCUT2D eigenvalue weighted by molar-refractivity contribution is 5.96. The second kappa shape index (κ2) is 8.75. The maximum atomic E-state index is 11.8. The van der Waals surface area contributed by atoms with Gasteiger partial charge in [0.25, 0.3) is 5.91 Å². The first kappa shape index (κ1) is 19.7. The van der Waals surface area contributed by atoms with Gasteiger partial charge in [0.15, 0.2) is 11.5 Å². The number of benzene rings is 1. The Hall–Kier alpha value is -3.07. The lowest BCUT2D eigenvalue weighted by atomic mass is 9.91. The minimum Gasteiger partial charge on any atom is -0.497 e. The Bertz CT molecular complexity index is 822. The Balaban J connectivity index is 1.89. The quantitative estimate of drug-likeness (QED) is 0.567. The molecule has 1 heterocycles. The molecule has 1 fully saturated rings. The van der Waals surface area contributed by atoms with Crippen LogP contribution in [0.15, 0.2) is 24.4 Å². The van der Waals surface area contributed by atoms with Gasteiger partial charge < -0.3 is 31.6 Å². The number of anilines is 3. The Morgan fingerprint density at radius 1 is 1.14 bits per heavy atom. The first-order chi connectivity index (χ1) is 13.5. The zero-order valence-electron chi connectivity index (χ0n) is 16.1. The largest absolute Gasteiger partial charge is 0.497 e. The number of nitrogens with one attached hydrogen (secondary N) is 2. The summed E-state index contributed by atoms with van der Waals surface area (Å²) < 4.78 is 10.5. The van der Waals surface area contributed by atoms with Gasteiger partial charge in [-0.25, -0.2) is 9.97 Å². The number of nitrogens with two attached hydrogens (primary N) is 2. The maximum absolute atomic E-state index is 11.8. The van der Waals surface area contributed by atoms with Gasteiger partial charge in [-0.1, -0.05) is 12.8 Å². The third-order valence-corrected chi connectivity index (χ3v) is 4.77. The number of hydrogen-bond acceptors (Lipinski definition) is 8. The fourth-order valence-electron chi connectivity index (χ4n) is 3.27. The predicted octanol–water partition coefficient (Wildman–Crippen LogP) is 2.02. The standard InChI is InChI=1S/C19H26N6O3/c1-27-12-7-11(8-13(9-12)28-2)23-19-17(18(21)26)22-10-16(25-19)24-15-6-4-3-5-14(15)20/h7-10,14-15H,3-6,20H2,1-2H3,(H2,21,26)(H2,23,24,25). The number of carbonyl (C=O) groups excluding carboxylic acids is 1. The van der Waals surface area contributed by atoms with E-state index in [1.807, 2.05) is 0 Å². The van der Waals surface area contributed by atoms with Crippen LogP contribution in [0.1, 0.15) is 36.2 Å². The molecular weight excluding hydrogens is 360 g/mol. The molecule has 1 aliphatic carbocycles. The first-order valence-electron chi connectivity index (χ1n) is 9.19. The average molecular weight is 386 g/mol. The van der Waals surface area contributed by atoms with E-state index in [2.05, 4.69) is 20.6 Å². The van der Waals surface area contributed by atoms with Crippen LogP contribution in [-0.4, -0.2) is 42.2 Å². The third kappa shape index (κ3) is 4.61. The van der Waals surface area contributed by atoms with Crippen molar-refractivity contribution < 1.29 is 14.3 Å². The minimum absolute atomic E-state index is 0.0419. The van der Waals surface area contributed by atoms with Gasteiger partial charge in [0.05, 0.1) is 20.4 Å². The molecule has 0 radical (unpaired) electrons. The normalized spacial score (nSPS) is 19.0. The lowest BCUT2D eigenvalue weighted by Gasteiger charge is -2.29. The number of rotatable bonds is 7. The molecule has 1 saturated carbocycles. The Kier molecular flexibility index (Phi) is 6.15. The highest BCUT2D eigenvalue weighted by Gasteiger charge is 2.23. The lowest BCUT2D eigenvalue weighted by Crippen LogP contribution is -2.42. The van der Waals surface area contributed by atoms with E-state index in [0.29, 0.717) is 23.0 Å². The van der Waals surface area contributed by atoms with Crippen molar-refractivity contribution in [2.24, 2.45) is 11.5 Å². The molecule has 28 heavy (non-hydrogen) atoms. The number of hydrogen-bond donors (Lipinski definition) is 4. The SMILES string of the molecule is COc1cc(Nc2nc(NC3CCCCC3N)cnc2C(N)=O)cc(OC)c1. The van der Waals surface area contributed by atoms with Gasteiger partial charge in [0, 0.05) is 36.0 Å². The molecule has 0 saturated heterocycles. The van der Waals surface area contributed by atoms with Gasteiger partial charge in [-0.2, -0.15) is 0 Å². The number of nitrogens with zero attached hydrogens (tertiary/aromatic N) is 2. The summed E-state index contributed by atoms with van der Waals surface area (Å²) in [5.74, 6) is 1.29. The van der Waals surface area contributed by atoms with E-state index in [-0.39, 0.29) is 23.6 Å². The van der Waals surface area contributed by atoms with Crippen LogP contribution in [-0.2, 0) is 0 Å². The molecule has 1 aliphatic rings. The molecule has 3 rings (SSSR count). The summed E-state index contributed by atoms with van der Waals surface area (Å²) in [5, 5.41) is 6.41. The van der Waals surface area contributed by atoms with Crippen molar-refractivity contribution in [1.29, 1.82) is 0 Å². The van der Waals surface area contributed by atoms with Crippen LogP contribution in [0.3, 0.4) is 0 Å². The Morgan fingerprint density at radius 3 is 2.43 bits per heavy atom. The van der Waals surface area contributed by atoms with Gasteiger partial charge in [-0.15, -0.1) is 0 Å². The smallest absolute Gasteiger partial charge is 0.271 e. The predicted molar refractivity (Wildman–Crippen MR) is 107 cm³/mol. The highest BCUT2D eigenvalue weighted by Crippen LogP contribution is 2.29. The van der Waals surface area contributed by atoms with E-state index >= 15 is 0 Å². The van der Waals surface area contributed by atoms with Gasteiger partial charge in [-0.05, 0) is 12.8 Å². The fraction of sp³-hybridized carbons (Fsp3) is 0.421. The summed E-state index contributed by atoms with van der Waals surface area (Å²) in [5.41, 5.74) is 12.3. The molecule has 9 heteroatoms. The van der Waals surface area contributed by atoms with E-state index in [0.717, 1.165) is 25.7 Å². The first-order valence-corrected chi connectivity index (χ1v) is 9.19. The van der Waals surface area contributed by atoms with Crippen LogP contribution in [0, 0.1) is 0 Å². The molecule has 1 aromatic heterocycles. The number of primary amides is 1. The van der Waals surface area contributed by atoms with Gasteiger partial charge in [-0.3, -0.25) is 4.79 Å². The minimum atomic E-state index is -0.675. The lowest BCUT2D eigenvalue weighted by molar-refractivity contribution is 0.0996. The van der Waals surface area contributed by atoms with E-state index in [9.17, 15) is 4.79 Å². The molecule has 1 amide bonds. The van der Waals surface area contributed by atoms with E-state index in [1.165, 1.54) is 6.20 Å². The summed E-state index contributed by atoms with van der Waals surface area (Å²) in [6.07, 6.45) is 5.69. The van der Waals surface area contributed by atoms with E-state index < -0.39 is 5.91 Å². The number of carbonyl (C=O) groups is 1. The Labute approximate surface area is 163 Å². The molecule has 0 spiro atoms. The summed E-state index contributed by atoms with van der Waals surface area (Å²) in [6, 6.07) is 5.43. The van der Waals surface area contributed by atoms with Crippen LogP contribution in [0.2, 0.25) is 0 Å². The fourth-order valence-corrected chi connectivity index (χ4v) is 3.27. The molecule has 9 nitrogen and oxygen atoms in total. The van der Waals surface area contributed by atoms with Gasteiger partial charge in [0.2, 0.25) is 0 Å². The van der Waals surface area contributed by atoms with Crippen molar-refractivity contribution in [3.05, 3.63) is 30.1 Å². The number of amides is 1.